The van der Waals surface area contributed by atoms with Gasteiger partial charge in [-0.25, -0.2) is 0 Å². The van der Waals surface area contributed by atoms with Crippen LogP contribution in [-0.4, -0.2) is 16.2 Å². The van der Waals surface area contributed by atoms with Crippen LogP contribution in [0, 0.1) is 0 Å². The van der Waals surface area contributed by atoms with E-state index in [1.807, 2.05) is 30.5 Å². The highest BCUT2D eigenvalue weighted by Crippen LogP contribution is 2.23. The van der Waals surface area contributed by atoms with Crippen LogP contribution in [0.15, 0.2) is 46.7 Å². The predicted molar refractivity (Wildman–Crippen MR) is 78.3 cm³/mol. The topological polar surface area (TPSA) is 54.2 Å². The molecule has 18 heavy (non-hydrogen) atoms. The van der Waals surface area contributed by atoms with Gasteiger partial charge in [-0.2, -0.15) is 0 Å². The second-order valence-corrected chi connectivity index (χ2v) is 4.85. The van der Waals surface area contributed by atoms with Gasteiger partial charge >= 0.3 is 0 Å². The lowest BCUT2D eigenvalue weighted by Crippen LogP contribution is -2.05. The molecule has 1 heterocycles. The van der Waals surface area contributed by atoms with Gasteiger partial charge in [-0.3, -0.25) is 4.99 Å². The molecule has 2 rings (SSSR count). The average Bonchev–Trinajstić information content (AvgIpc) is 2.78. The molecule has 0 aliphatic heterocycles. The molecule has 1 aromatic heterocycles. The molecule has 0 amide bonds. The Labute approximate surface area is 115 Å². The van der Waals surface area contributed by atoms with Gasteiger partial charge in [-0.05, 0) is 13.0 Å². The van der Waals surface area contributed by atoms with Gasteiger partial charge in [0.05, 0.1) is 10.7 Å². The molecule has 1 unspecified atom stereocenters. The fourth-order valence-electron chi connectivity index (χ4n) is 1.78. The smallest absolute Gasteiger partial charge is 0.121 e. The van der Waals surface area contributed by atoms with Crippen molar-refractivity contribution < 1.29 is 0 Å². The molecule has 0 bridgehead atoms. The van der Waals surface area contributed by atoms with Crippen LogP contribution in [-0.2, 0) is 0 Å². The Balaban J connectivity index is 2.62. The number of fused-ring (bicyclic) bond motifs is 1. The number of nitrogens with two attached hydrogens (primary N) is 1. The van der Waals surface area contributed by atoms with Crippen LogP contribution in [0.2, 0.25) is 0 Å². The molecule has 0 aliphatic rings. The van der Waals surface area contributed by atoms with Gasteiger partial charge in [0, 0.05) is 28.9 Å². The molecule has 1 aromatic carbocycles. The van der Waals surface area contributed by atoms with E-state index in [0.29, 0.717) is 10.7 Å². The minimum atomic E-state index is -0.373. The lowest BCUT2D eigenvalue weighted by atomic mass is 10.1. The number of alkyl halides is 1. The number of aliphatic imine (C=N–C) groups is 1. The molecule has 94 valence electrons. The third-order valence-electron chi connectivity index (χ3n) is 2.52. The number of allylic oxidation sites excluding steroid dienone is 1. The largest absolute Gasteiger partial charge is 0.403 e. The van der Waals surface area contributed by atoms with Crippen molar-refractivity contribution in [3.63, 3.8) is 0 Å². The number of nitrogens with one attached hydrogen (secondary N) is 1. The highest BCUT2D eigenvalue weighted by atomic mass is 35.5. The van der Waals surface area contributed by atoms with Gasteiger partial charge in [0.2, 0.25) is 0 Å². The van der Waals surface area contributed by atoms with Crippen LogP contribution >= 0.6 is 23.2 Å². The van der Waals surface area contributed by atoms with Crippen LogP contribution in [0.25, 0.3) is 10.9 Å². The first kappa shape index (κ1) is 13.0. The molecule has 1 atom stereocenters. The van der Waals surface area contributed by atoms with Crippen LogP contribution in [0.1, 0.15) is 12.5 Å². The molecule has 0 aliphatic carbocycles. The maximum atomic E-state index is 6.10. The van der Waals surface area contributed by atoms with E-state index in [9.17, 15) is 0 Å². The Morgan fingerprint density at radius 3 is 2.83 bits per heavy atom. The molecule has 0 saturated heterocycles. The minimum Gasteiger partial charge on any atom is -0.403 e. The number of H-pyrrole nitrogens is 1. The zero-order valence-electron chi connectivity index (χ0n) is 9.82. The monoisotopic (exact) mass is 281 g/mol. The minimum absolute atomic E-state index is 0.373. The SMILES string of the molecule is CC(Cl)N=C(/C(Cl)=C\N)c1c[nH]c2ccccc12. The molecule has 0 spiro atoms. The number of halogens is 2. The summed E-state index contributed by atoms with van der Waals surface area (Å²) in [7, 11) is 0. The number of aromatic amines is 1. The number of nitrogens with zero attached hydrogens (tertiary/aromatic N) is 1. The van der Waals surface area contributed by atoms with Gasteiger partial charge in [-0.15, -0.1) is 0 Å². The fourth-order valence-corrected chi connectivity index (χ4v) is 2.03. The standard InChI is InChI=1S/C13H13Cl2N3/c1-8(14)18-13(11(15)6-16)10-7-17-12-5-3-2-4-9(10)12/h2-8,17H,16H2,1H3/b11-6+,18-13?. The quantitative estimate of drug-likeness (QED) is 0.504. The van der Waals surface area contributed by atoms with Crippen molar-refractivity contribution in [2.75, 3.05) is 0 Å². The van der Waals surface area contributed by atoms with Gasteiger partial charge in [0.15, 0.2) is 0 Å². The second kappa shape index (κ2) is 5.46. The van der Waals surface area contributed by atoms with Crippen molar-refractivity contribution in [3.8, 4) is 0 Å². The van der Waals surface area contributed by atoms with Crippen LogP contribution in [0.3, 0.4) is 0 Å². The molecule has 0 radical (unpaired) electrons. The number of hydrogen-bond acceptors (Lipinski definition) is 2. The Morgan fingerprint density at radius 2 is 2.17 bits per heavy atom. The van der Waals surface area contributed by atoms with E-state index in [1.54, 1.807) is 6.92 Å². The summed E-state index contributed by atoms with van der Waals surface area (Å²) in [5.74, 6) is 0. The Hall–Kier alpha value is -1.45. The van der Waals surface area contributed by atoms with Gasteiger partial charge in [0.1, 0.15) is 5.50 Å². The van der Waals surface area contributed by atoms with E-state index in [-0.39, 0.29) is 5.50 Å². The summed E-state index contributed by atoms with van der Waals surface area (Å²) in [5, 5.41) is 1.42. The molecule has 3 N–H and O–H groups in total. The maximum absolute atomic E-state index is 6.10. The summed E-state index contributed by atoms with van der Waals surface area (Å²) < 4.78 is 0. The highest BCUT2D eigenvalue weighted by molar-refractivity contribution is 6.47. The summed E-state index contributed by atoms with van der Waals surface area (Å²) in [5.41, 5.74) is 7.61. The van der Waals surface area contributed by atoms with Crippen molar-refractivity contribution >= 4 is 39.8 Å². The summed E-state index contributed by atoms with van der Waals surface area (Å²) in [6.45, 7) is 1.77. The van der Waals surface area contributed by atoms with Crippen molar-refractivity contribution in [2.24, 2.45) is 10.7 Å². The predicted octanol–water partition coefficient (Wildman–Crippen LogP) is 3.58. The van der Waals surface area contributed by atoms with Crippen LogP contribution in [0.5, 0.6) is 0 Å². The van der Waals surface area contributed by atoms with Crippen molar-refractivity contribution in [3.05, 3.63) is 47.3 Å². The zero-order chi connectivity index (χ0) is 13.1. The summed E-state index contributed by atoms with van der Waals surface area (Å²) in [6.07, 6.45) is 3.18. The Morgan fingerprint density at radius 1 is 1.44 bits per heavy atom. The lowest BCUT2D eigenvalue weighted by Gasteiger charge is -2.05. The zero-order valence-corrected chi connectivity index (χ0v) is 11.3. The first-order valence-electron chi connectivity index (χ1n) is 5.49. The average molecular weight is 282 g/mol. The van der Waals surface area contributed by atoms with Crippen LogP contribution < -0.4 is 5.73 Å². The first-order valence-corrected chi connectivity index (χ1v) is 6.31. The van der Waals surface area contributed by atoms with E-state index in [2.05, 4.69) is 9.98 Å². The number of hydrogen-bond donors (Lipinski definition) is 2. The van der Waals surface area contributed by atoms with Crippen molar-refractivity contribution in [1.82, 2.24) is 4.98 Å². The van der Waals surface area contributed by atoms with Gasteiger partial charge in [-0.1, -0.05) is 41.4 Å². The third kappa shape index (κ3) is 2.52. The number of benzene rings is 1. The molecule has 2 aromatic rings. The molecule has 3 nitrogen and oxygen atoms in total. The molecule has 5 heteroatoms. The molecule has 0 saturated carbocycles. The Bertz CT molecular complexity index is 611. The van der Waals surface area contributed by atoms with Crippen LogP contribution in [0.4, 0.5) is 0 Å². The molecule has 0 fully saturated rings. The van der Waals surface area contributed by atoms with E-state index in [1.165, 1.54) is 6.20 Å². The molecular formula is C13H13Cl2N3. The summed E-state index contributed by atoms with van der Waals surface area (Å²) >= 11 is 12.0. The van der Waals surface area contributed by atoms with Gasteiger partial charge in [0.25, 0.3) is 0 Å². The van der Waals surface area contributed by atoms with Crippen molar-refractivity contribution in [1.29, 1.82) is 0 Å². The number of aromatic nitrogens is 1. The summed E-state index contributed by atoms with van der Waals surface area (Å²) in [6, 6.07) is 7.91. The number of para-hydroxylation sites is 1. The normalized spacial score (nSPS) is 15.1. The third-order valence-corrected chi connectivity index (χ3v) is 2.93. The fraction of sp³-hybridized carbons (Fsp3) is 0.154. The first-order chi connectivity index (χ1) is 8.63. The van der Waals surface area contributed by atoms with Gasteiger partial charge < -0.3 is 10.7 Å². The number of rotatable bonds is 3. The summed E-state index contributed by atoms with van der Waals surface area (Å²) in [4.78, 5) is 7.49. The van der Waals surface area contributed by atoms with E-state index in [0.717, 1.165) is 16.5 Å². The Kier molecular flexibility index (Phi) is 3.94. The van der Waals surface area contributed by atoms with Crippen molar-refractivity contribution in [2.45, 2.75) is 12.4 Å². The maximum Gasteiger partial charge on any atom is 0.121 e. The van der Waals surface area contributed by atoms with E-state index < -0.39 is 0 Å². The highest BCUT2D eigenvalue weighted by Gasteiger charge is 2.13. The van der Waals surface area contributed by atoms with E-state index in [4.69, 9.17) is 28.9 Å². The molecular weight excluding hydrogens is 269 g/mol. The second-order valence-electron chi connectivity index (χ2n) is 3.81. The van der Waals surface area contributed by atoms with E-state index >= 15 is 0 Å². The lowest BCUT2D eigenvalue weighted by molar-refractivity contribution is 1.03.